The SMILES string of the molecule is CCOC(=O)c1ccc(N2C(=O)[C@@H]3[C@H](c4ccc(C(C)(C)C)cc4)c4sc(=O)n(CC(=O)N5CCOCC5)c4S[C@@H]3C2=O)cc1. The molecule has 12 heteroatoms. The molecule has 6 rings (SSSR count). The van der Waals surface area contributed by atoms with Crippen molar-refractivity contribution in [3.8, 4) is 0 Å². The van der Waals surface area contributed by atoms with Crippen molar-refractivity contribution in [2.24, 2.45) is 5.92 Å². The van der Waals surface area contributed by atoms with Crippen LogP contribution in [0.4, 0.5) is 5.69 Å². The standard InChI is InChI=1S/C33H35N3O7S2/c1-5-43-31(40)20-8-12-22(13-9-20)36-28(38)25-24(19-6-10-21(11-7-19)33(2,3)4)27-30(44-26(25)29(36)39)35(32(41)45-27)18-23(37)34-14-16-42-17-15-34/h6-13,24-26H,5,14-18H2,1-4H3/t24-,25+,26-/m0/s1. The quantitative estimate of drug-likeness (QED) is 0.291. The highest BCUT2D eigenvalue weighted by Crippen LogP contribution is 2.54. The largest absolute Gasteiger partial charge is 0.462 e. The van der Waals surface area contributed by atoms with Crippen LogP contribution in [0.2, 0.25) is 0 Å². The Morgan fingerprint density at radius 1 is 0.956 bits per heavy atom. The van der Waals surface area contributed by atoms with Crippen LogP contribution in [0.5, 0.6) is 0 Å². The van der Waals surface area contributed by atoms with E-state index < -0.39 is 29.0 Å². The number of fused-ring (bicyclic) bond motifs is 2. The summed E-state index contributed by atoms with van der Waals surface area (Å²) in [4.78, 5) is 70.4. The molecule has 4 heterocycles. The Morgan fingerprint density at radius 3 is 2.24 bits per heavy atom. The number of anilines is 1. The van der Waals surface area contributed by atoms with Crippen LogP contribution in [0.3, 0.4) is 0 Å². The molecule has 3 atom stereocenters. The lowest BCUT2D eigenvalue weighted by Crippen LogP contribution is -2.43. The van der Waals surface area contributed by atoms with Gasteiger partial charge in [-0.3, -0.25) is 23.7 Å². The number of carbonyl (C=O) groups is 4. The summed E-state index contributed by atoms with van der Waals surface area (Å²) in [6.45, 7) is 9.97. The third-order valence-electron chi connectivity index (χ3n) is 8.48. The minimum atomic E-state index is -0.805. The zero-order valence-corrected chi connectivity index (χ0v) is 27.2. The fraction of sp³-hybridized carbons (Fsp3) is 0.424. The monoisotopic (exact) mass is 649 g/mol. The van der Waals surface area contributed by atoms with E-state index in [9.17, 15) is 24.0 Å². The fourth-order valence-electron chi connectivity index (χ4n) is 6.07. The van der Waals surface area contributed by atoms with Crippen LogP contribution in [0.1, 0.15) is 60.0 Å². The fourth-order valence-corrected chi connectivity index (χ4v) is 8.84. The minimum Gasteiger partial charge on any atom is -0.462 e. The highest BCUT2D eigenvalue weighted by Gasteiger charge is 2.57. The van der Waals surface area contributed by atoms with Crippen LogP contribution in [-0.4, -0.2) is 71.3 Å². The van der Waals surface area contributed by atoms with Crippen molar-refractivity contribution >= 4 is 52.5 Å². The lowest BCUT2D eigenvalue weighted by molar-refractivity contribution is -0.136. The van der Waals surface area contributed by atoms with Gasteiger partial charge in [-0.1, -0.05) is 68.1 Å². The number of hydrogen-bond donors (Lipinski definition) is 0. The van der Waals surface area contributed by atoms with Gasteiger partial charge in [0.2, 0.25) is 17.7 Å². The Labute approximate surface area is 269 Å². The summed E-state index contributed by atoms with van der Waals surface area (Å²) in [6, 6.07) is 14.2. The van der Waals surface area contributed by atoms with Gasteiger partial charge in [-0.2, -0.15) is 0 Å². The molecule has 236 valence electrons. The molecule has 2 saturated heterocycles. The topological polar surface area (TPSA) is 115 Å². The Hall–Kier alpha value is -3.74. The van der Waals surface area contributed by atoms with Crippen molar-refractivity contribution < 1.29 is 28.7 Å². The maximum Gasteiger partial charge on any atom is 0.338 e. The molecule has 0 saturated carbocycles. The number of carbonyl (C=O) groups excluding carboxylic acids is 4. The molecule has 2 aromatic carbocycles. The first-order valence-electron chi connectivity index (χ1n) is 15.0. The molecule has 1 aromatic heterocycles. The van der Waals surface area contributed by atoms with Crippen LogP contribution in [-0.2, 0) is 35.8 Å². The number of amides is 3. The molecule has 10 nitrogen and oxygen atoms in total. The maximum atomic E-state index is 14.2. The Kier molecular flexibility index (Phi) is 8.49. The van der Waals surface area contributed by atoms with E-state index in [-0.39, 0.29) is 35.3 Å². The number of morpholine rings is 1. The van der Waals surface area contributed by atoms with Crippen molar-refractivity contribution in [2.45, 2.75) is 55.8 Å². The molecular weight excluding hydrogens is 615 g/mol. The second-order valence-corrected chi connectivity index (χ2v) is 14.4. The second-order valence-electron chi connectivity index (χ2n) is 12.3. The summed E-state index contributed by atoms with van der Waals surface area (Å²) in [5.74, 6) is -2.76. The highest BCUT2D eigenvalue weighted by molar-refractivity contribution is 8.00. The van der Waals surface area contributed by atoms with Crippen LogP contribution < -0.4 is 9.77 Å². The van der Waals surface area contributed by atoms with E-state index in [0.717, 1.165) is 22.5 Å². The van der Waals surface area contributed by atoms with Gasteiger partial charge in [-0.15, -0.1) is 0 Å². The second kappa shape index (κ2) is 12.2. The molecule has 0 unspecified atom stereocenters. The van der Waals surface area contributed by atoms with Gasteiger partial charge >= 0.3 is 10.8 Å². The van der Waals surface area contributed by atoms with Crippen LogP contribution in [0.25, 0.3) is 0 Å². The summed E-state index contributed by atoms with van der Waals surface area (Å²) in [6.07, 6.45) is 0. The number of esters is 1. The van der Waals surface area contributed by atoms with Gasteiger partial charge in [0.1, 0.15) is 11.8 Å². The molecule has 0 bridgehead atoms. The average Bonchev–Trinajstić information content (AvgIpc) is 3.47. The van der Waals surface area contributed by atoms with E-state index in [0.29, 0.717) is 47.5 Å². The molecule has 0 N–H and O–H groups in total. The Balaban J connectivity index is 1.40. The third-order valence-corrected chi connectivity index (χ3v) is 11.1. The van der Waals surface area contributed by atoms with Gasteiger partial charge in [0.05, 0.1) is 42.0 Å². The number of imide groups is 1. The van der Waals surface area contributed by atoms with Gasteiger partial charge < -0.3 is 14.4 Å². The van der Waals surface area contributed by atoms with Gasteiger partial charge in [0.15, 0.2) is 0 Å². The lowest BCUT2D eigenvalue weighted by Gasteiger charge is -2.31. The van der Waals surface area contributed by atoms with Crippen molar-refractivity contribution in [3.05, 3.63) is 79.8 Å². The van der Waals surface area contributed by atoms with E-state index in [1.807, 2.05) is 24.3 Å². The molecule has 0 aliphatic carbocycles. The molecule has 0 spiro atoms. The molecule has 3 aromatic rings. The molecule has 3 aliphatic heterocycles. The number of benzene rings is 2. The molecule has 3 amide bonds. The molecule has 0 radical (unpaired) electrons. The minimum absolute atomic E-state index is 0.0890. The number of hydrogen-bond acceptors (Lipinski definition) is 9. The predicted molar refractivity (Wildman–Crippen MR) is 171 cm³/mol. The summed E-state index contributed by atoms with van der Waals surface area (Å²) >= 11 is 2.22. The van der Waals surface area contributed by atoms with Crippen LogP contribution in [0.15, 0.2) is 58.4 Å². The van der Waals surface area contributed by atoms with Crippen molar-refractivity contribution in [2.75, 3.05) is 37.8 Å². The summed E-state index contributed by atoms with van der Waals surface area (Å²) in [7, 11) is 0. The molecular formula is C33H35N3O7S2. The number of thiazole rings is 1. The number of nitrogens with zero attached hydrogens (tertiary/aromatic N) is 3. The predicted octanol–water partition coefficient (Wildman–Crippen LogP) is 4.04. The van der Waals surface area contributed by atoms with Crippen molar-refractivity contribution in [1.29, 1.82) is 0 Å². The Morgan fingerprint density at radius 2 is 1.62 bits per heavy atom. The normalized spacial score (nSPS) is 21.5. The molecule has 45 heavy (non-hydrogen) atoms. The van der Waals surface area contributed by atoms with E-state index in [2.05, 4.69) is 20.8 Å². The third kappa shape index (κ3) is 5.75. The average molecular weight is 650 g/mol. The number of thioether (sulfide) groups is 1. The number of aromatic nitrogens is 1. The first-order valence-corrected chi connectivity index (χ1v) is 16.7. The Bertz CT molecular complexity index is 1700. The zero-order valence-electron chi connectivity index (χ0n) is 25.6. The summed E-state index contributed by atoms with van der Waals surface area (Å²) in [5, 5.41) is -0.251. The smallest absolute Gasteiger partial charge is 0.338 e. The molecule has 3 aliphatic rings. The number of ether oxygens (including phenoxy) is 2. The first kappa shape index (κ1) is 31.3. The van der Waals surface area contributed by atoms with Crippen molar-refractivity contribution in [1.82, 2.24) is 9.47 Å². The van der Waals surface area contributed by atoms with Crippen molar-refractivity contribution in [3.63, 3.8) is 0 Å². The first-order chi connectivity index (χ1) is 21.5. The van der Waals surface area contributed by atoms with E-state index >= 15 is 0 Å². The van der Waals surface area contributed by atoms with Gasteiger partial charge in [0.25, 0.3) is 0 Å². The number of rotatable bonds is 6. The van der Waals surface area contributed by atoms with E-state index in [4.69, 9.17) is 9.47 Å². The highest BCUT2D eigenvalue weighted by atomic mass is 32.2. The molecule has 2 fully saturated rings. The van der Waals surface area contributed by atoms with Crippen LogP contribution >= 0.6 is 23.1 Å². The summed E-state index contributed by atoms with van der Waals surface area (Å²) in [5.41, 5.74) is 2.53. The van der Waals surface area contributed by atoms with E-state index in [1.54, 1.807) is 24.0 Å². The summed E-state index contributed by atoms with van der Waals surface area (Å²) < 4.78 is 11.9. The zero-order chi connectivity index (χ0) is 32.0. The van der Waals surface area contributed by atoms with E-state index in [1.165, 1.54) is 33.4 Å². The van der Waals surface area contributed by atoms with Gasteiger partial charge in [-0.25, -0.2) is 9.69 Å². The maximum absolute atomic E-state index is 14.2. The van der Waals surface area contributed by atoms with Gasteiger partial charge in [-0.05, 0) is 47.7 Å². The lowest BCUT2D eigenvalue weighted by atomic mass is 9.81. The van der Waals surface area contributed by atoms with Gasteiger partial charge in [0, 0.05) is 23.9 Å². The van der Waals surface area contributed by atoms with Crippen LogP contribution in [0, 0.1) is 5.92 Å².